The van der Waals surface area contributed by atoms with Crippen LogP contribution in [0, 0.1) is 6.92 Å². The molecule has 0 saturated heterocycles. The molecule has 2 rings (SSSR count). The van der Waals surface area contributed by atoms with Crippen LogP contribution < -0.4 is 10.1 Å². The normalized spacial score (nSPS) is 17.9. The number of rotatable bonds is 3. The van der Waals surface area contributed by atoms with E-state index in [2.05, 4.69) is 24.4 Å². The van der Waals surface area contributed by atoms with Crippen molar-refractivity contribution >= 4 is 0 Å². The van der Waals surface area contributed by atoms with E-state index in [9.17, 15) is 0 Å². The zero-order valence-corrected chi connectivity index (χ0v) is 9.05. The number of nitrogens with one attached hydrogen (secondary N) is 1. The van der Waals surface area contributed by atoms with Gasteiger partial charge in [-0.2, -0.15) is 0 Å². The molecule has 0 atom stereocenters. The molecule has 1 aliphatic rings. The lowest BCUT2D eigenvalue weighted by atomic mass is 9.99. The van der Waals surface area contributed by atoms with Crippen molar-refractivity contribution in [2.45, 2.75) is 25.3 Å². The number of methoxy groups -OCH3 is 1. The van der Waals surface area contributed by atoms with Gasteiger partial charge in [0.25, 0.3) is 0 Å². The van der Waals surface area contributed by atoms with E-state index in [1.54, 1.807) is 7.11 Å². The van der Waals surface area contributed by atoms with Crippen LogP contribution >= 0.6 is 0 Å². The summed E-state index contributed by atoms with van der Waals surface area (Å²) < 4.78 is 5.20. The predicted molar refractivity (Wildman–Crippen MR) is 57.7 cm³/mol. The summed E-state index contributed by atoms with van der Waals surface area (Å²) >= 11 is 0. The van der Waals surface area contributed by atoms with Gasteiger partial charge in [-0.15, -0.1) is 0 Å². The molecule has 76 valence electrons. The van der Waals surface area contributed by atoms with Gasteiger partial charge in [0.05, 0.1) is 7.11 Å². The van der Waals surface area contributed by atoms with E-state index in [-0.39, 0.29) is 5.54 Å². The second-order valence-corrected chi connectivity index (χ2v) is 4.01. The van der Waals surface area contributed by atoms with Crippen LogP contribution in [-0.2, 0) is 5.54 Å². The number of hydrogen-bond donors (Lipinski definition) is 1. The minimum absolute atomic E-state index is 0.260. The summed E-state index contributed by atoms with van der Waals surface area (Å²) in [5.74, 6) is 0.943. The van der Waals surface area contributed by atoms with E-state index in [1.807, 2.05) is 13.1 Å². The first kappa shape index (κ1) is 9.53. The number of ether oxygens (including phenoxy) is 1. The monoisotopic (exact) mass is 191 g/mol. The lowest BCUT2D eigenvalue weighted by Crippen LogP contribution is -2.25. The molecule has 0 heterocycles. The van der Waals surface area contributed by atoms with Gasteiger partial charge in [0, 0.05) is 5.54 Å². The average molecular weight is 191 g/mol. The molecule has 0 radical (unpaired) electrons. The highest BCUT2D eigenvalue weighted by molar-refractivity contribution is 5.41. The van der Waals surface area contributed by atoms with Gasteiger partial charge in [-0.05, 0) is 50.1 Å². The van der Waals surface area contributed by atoms with Gasteiger partial charge in [0.1, 0.15) is 5.75 Å². The fourth-order valence-electron chi connectivity index (χ4n) is 2.08. The van der Waals surface area contributed by atoms with Crippen LogP contribution in [0.2, 0.25) is 0 Å². The Balaban J connectivity index is 2.36. The van der Waals surface area contributed by atoms with Gasteiger partial charge < -0.3 is 10.1 Å². The summed E-state index contributed by atoms with van der Waals surface area (Å²) in [6.45, 7) is 2.15. The Morgan fingerprint density at radius 3 is 2.50 bits per heavy atom. The molecular formula is C12H17NO. The Morgan fingerprint density at radius 1 is 1.36 bits per heavy atom. The largest absolute Gasteiger partial charge is 0.497 e. The summed E-state index contributed by atoms with van der Waals surface area (Å²) in [6.07, 6.45) is 2.49. The lowest BCUT2D eigenvalue weighted by molar-refractivity contribution is 0.414. The van der Waals surface area contributed by atoms with Crippen LogP contribution in [0.3, 0.4) is 0 Å². The van der Waals surface area contributed by atoms with Gasteiger partial charge >= 0.3 is 0 Å². The molecule has 0 aromatic heterocycles. The molecule has 1 N–H and O–H groups in total. The van der Waals surface area contributed by atoms with E-state index in [1.165, 1.54) is 24.0 Å². The van der Waals surface area contributed by atoms with Crippen molar-refractivity contribution in [3.05, 3.63) is 29.3 Å². The minimum Gasteiger partial charge on any atom is -0.497 e. The third-order valence-electron chi connectivity index (χ3n) is 3.18. The summed E-state index contributed by atoms with van der Waals surface area (Å²) in [6, 6.07) is 6.32. The summed E-state index contributed by atoms with van der Waals surface area (Å²) in [7, 11) is 3.75. The Bertz CT molecular complexity index is 342. The molecule has 1 fully saturated rings. The van der Waals surface area contributed by atoms with Crippen LogP contribution in [0.15, 0.2) is 18.2 Å². The zero-order chi connectivity index (χ0) is 10.2. The first-order chi connectivity index (χ1) is 6.72. The second kappa shape index (κ2) is 3.28. The zero-order valence-electron chi connectivity index (χ0n) is 9.05. The SMILES string of the molecule is CNC1(c2ccc(OC)cc2C)CC1. The molecule has 1 aliphatic carbocycles. The molecule has 1 aromatic carbocycles. The van der Waals surface area contributed by atoms with Crippen LogP contribution in [0.25, 0.3) is 0 Å². The summed E-state index contributed by atoms with van der Waals surface area (Å²) in [4.78, 5) is 0. The molecule has 0 amide bonds. The smallest absolute Gasteiger partial charge is 0.119 e. The van der Waals surface area contributed by atoms with E-state index in [0.29, 0.717) is 0 Å². The maximum Gasteiger partial charge on any atom is 0.119 e. The number of aryl methyl sites for hydroxylation is 1. The molecule has 2 heteroatoms. The quantitative estimate of drug-likeness (QED) is 0.791. The third-order valence-corrected chi connectivity index (χ3v) is 3.18. The average Bonchev–Trinajstić information content (AvgIpc) is 2.98. The molecule has 0 aliphatic heterocycles. The van der Waals surface area contributed by atoms with Crippen LogP contribution in [-0.4, -0.2) is 14.2 Å². The van der Waals surface area contributed by atoms with Gasteiger partial charge in [-0.1, -0.05) is 6.07 Å². The van der Waals surface area contributed by atoms with Crippen molar-refractivity contribution in [1.82, 2.24) is 5.32 Å². The van der Waals surface area contributed by atoms with Gasteiger partial charge in [-0.25, -0.2) is 0 Å². The van der Waals surface area contributed by atoms with Gasteiger partial charge in [0.15, 0.2) is 0 Å². The van der Waals surface area contributed by atoms with E-state index in [0.717, 1.165) is 5.75 Å². The molecule has 0 spiro atoms. The number of hydrogen-bond acceptors (Lipinski definition) is 2. The van der Waals surface area contributed by atoms with Gasteiger partial charge in [0.2, 0.25) is 0 Å². The fourth-order valence-corrected chi connectivity index (χ4v) is 2.08. The summed E-state index contributed by atoms with van der Waals surface area (Å²) in [5, 5.41) is 3.41. The van der Waals surface area contributed by atoms with Crippen molar-refractivity contribution in [3.63, 3.8) is 0 Å². The van der Waals surface area contributed by atoms with Crippen molar-refractivity contribution in [2.75, 3.05) is 14.2 Å². The Morgan fingerprint density at radius 2 is 2.07 bits per heavy atom. The highest BCUT2D eigenvalue weighted by Crippen LogP contribution is 2.46. The Kier molecular flexibility index (Phi) is 2.23. The predicted octanol–water partition coefficient (Wildman–Crippen LogP) is 2.21. The van der Waals surface area contributed by atoms with Crippen molar-refractivity contribution in [1.29, 1.82) is 0 Å². The Labute approximate surface area is 85.3 Å². The molecule has 14 heavy (non-hydrogen) atoms. The fraction of sp³-hybridized carbons (Fsp3) is 0.500. The van der Waals surface area contributed by atoms with Crippen molar-refractivity contribution < 1.29 is 4.74 Å². The maximum absolute atomic E-state index is 5.20. The Hall–Kier alpha value is -1.02. The third kappa shape index (κ3) is 1.40. The highest BCUT2D eigenvalue weighted by Gasteiger charge is 2.43. The molecule has 1 saturated carbocycles. The molecule has 2 nitrogen and oxygen atoms in total. The van der Waals surface area contributed by atoms with Crippen molar-refractivity contribution in [3.8, 4) is 5.75 Å². The maximum atomic E-state index is 5.20. The van der Waals surface area contributed by atoms with E-state index < -0.39 is 0 Å². The second-order valence-electron chi connectivity index (χ2n) is 4.01. The first-order valence-corrected chi connectivity index (χ1v) is 5.06. The molecule has 0 bridgehead atoms. The summed E-state index contributed by atoms with van der Waals surface area (Å²) in [5.41, 5.74) is 2.99. The van der Waals surface area contributed by atoms with E-state index in [4.69, 9.17) is 4.74 Å². The standard InChI is InChI=1S/C12H17NO/c1-9-8-10(14-3)4-5-11(9)12(13-2)6-7-12/h4-5,8,13H,6-7H2,1-3H3. The first-order valence-electron chi connectivity index (χ1n) is 5.06. The highest BCUT2D eigenvalue weighted by atomic mass is 16.5. The molecular weight excluding hydrogens is 174 g/mol. The number of benzene rings is 1. The van der Waals surface area contributed by atoms with E-state index >= 15 is 0 Å². The topological polar surface area (TPSA) is 21.3 Å². The van der Waals surface area contributed by atoms with Crippen LogP contribution in [0.5, 0.6) is 5.75 Å². The van der Waals surface area contributed by atoms with Crippen LogP contribution in [0.1, 0.15) is 24.0 Å². The minimum atomic E-state index is 0.260. The van der Waals surface area contributed by atoms with Gasteiger partial charge in [-0.3, -0.25) is 0 Å². The molecule has 0 unspecified atom stereocenters. The van der Waals surface area contributed by atoms with Crippen LogP contribution in [0.4, 0.5) is 0 Å². The van der Waals surface area contributed by atoms with Crippen molar-refractivity contribution in [2.24, 2.45) is 0 Å². The lowest BCUT2D eigenvalue weighted by Gasteiger charge is -2.17. The molecule has 1 aromatic rings.